The van der Waals surface area contributed by atoms with Crippen LogP contribution < -0.4 is 4.72 Å². The summed E-state index contributed by atoms with van der Waals surface area (Å²) in [5.74, 6) is -0.600. The van der Waals surface area contributed by atoms with Gasteiger partial charge in [-0.05, 0) is 72.1 Å². The zero-order valence-corrected chi connectivity index (χ0v) is 21.8. The lowest BCUT2D eigenvalue weighted by molar-refractivity contribution is -0.384. The summed E-state index contributed by atoms with van der Waals surface area (Å²) in [6.45, 7) is 1.84. The topological polar surface area (TPSA) is 98.5 Å². The lowest BCUT2D eigenvalue weighted by Gasteiger charge is -2.18. The van der Waals surface area contributed by atoms with Crippen LogP contribution in [0.2, 0.25) is 10.0 Å². The number of nitrogens with zero attached hydrogens (tertiary/aromatic N) is 1. The number of nitrogens with one attached hydrogen (secondary N) is 1. The van der Waals surface area contributed by atoms with Crippen molar-refractivity contribution in [1.82, 2.24) is 0 Å². The van der Waals surface area contributed by atoms with E-state index in [4.69, 9.17) is 27.9 Å². The van der Waals surface area contributed by atoms with Crippen molar-refractivity contribution >= 4 is 51.5 Å². The van der Waals surface area contributed by atoms with Gasteiger partial charge in [0.25, 0.3) is 5.69 Å². The zero-order chi connectivity index (χ0) is 26.5. The molecular weight excluding hydrogens is 535 g/mol. The molecule has 1 atom stereocenters. The van der Waals surface area contributed by atoms with Crippen LogP contribution in [0.4, 0.5) is 11.4 Å². The van der Waals surface area contributed by atoms with Gasteiger partial charge in [0.15, 0.2) is 0 Å². The van der Waals surface area contributed by atoms with Crippen molar-refractivity contribution < 1.29 is 18.7 Å². The summed E-state index contributed by atoms with van der Waals surface area (Å²) in [4.78, 5) is 23.9. The van der Waals surface area contributed by atoms with Crippen LogP contribution in [0.15, 0.2) is 89.8 Å². The van der Waals surface area contributed by atoms with Gasteiger partial charge < -0.3 is 4.74 Å². The molecule has 0 saturated heterocycles. The predicted molar refractivity (Wildman–Crippen MR) is 146 cm³/mol. The molecule has 0 aliphatic rings. The average molecular weight is 555 g/mol. The maximum Gasteiger partial charge on any atom is 0.340 e. The molecule has 0 radical (unpaired) electrons. The maximum atomic E-state index is 13.3. The normalized spacial score (nSPS) is 11.5. The van der Waals surface area contributed by atoms with E-state index in [1.807, 2.05) is 18.2 Å². The molecule has 4 aromatic rings. The number of anilines is 1. The summed E-state index contributed by atoms with van der Waals surface area (Å²) in [6.07, 6.45) is 0. The van der Waals surface area contributed by atoms with Gasteiger partial charge in [0.1, 0.15) is 11.0 Å². The second kappa shape index (κ2) is 11.6. The van der Waals surface area contributed by atoms with Gasteiger partial charge in [0, 0.05) is 27.7 Å². The van der Waals surface area contributed by atoms with Crippen molar-refractivity contribution in [2.24, 2.45) is 0 Å². The summed E-state index contributed by atoms with van der Waals surface area (Å²) < 4.78 is 21.6. The highest BCUT2D eigenvalue weighted by Gasteiger charge is 2.22. The van der Waals surface area contributed by atoms with Gasteiger partial charge >= 0.3 is 5.97 Å². The molecule has 0 bridgehead atoms. The van der Waals surface area contributed by atoms with E-state index < -0.39 is 21.9 Å². The van der Waals surface area contributed by atoms with Gasteiger partial charge in [0.2, 0.25) is 0 Å². The van der Waals surface area contributed by atoms with Gasteiger partial charge in [-0.3, -0.25) is 14.8 Å². The molecule has 0 heterocycles. The number of nitro benzene ring substituents is 1. The Bertz CT molecular complexity index is 1470. The maximum absolute atomic E-state index is 13.3. The molecule has 4 rings (SSSR count). The summed E-state index contributed by atoms with van der Waals surface area (Å²) in [5.41, 5.74) is 3.17. The Kier molecular flexibility index (Phi) is 8.23. The van der Waals surface area contributed by atoms with Crippen molar-refractivity contribution in [2.45, 2.75) is 11.8 Å². The van der Waals surface area contributed by atoms with Crippen molar-refractivity contribution in [3.05, 3.63) is 111 Å². The van der Waals surface area contributed by atoms with Gasteiger partial charge in [0.05, 0.1) is 27.7 Å². The lowest BCUT2D eigenvalue weighted by Crippen LogP contribution is -2.13. The quantitative estimate of drug-likeness (QED) is 0.138. The van der Waals surface area contributed by atoms with E-state index in [2.05, 4.69) is 4.72 Å². The molecular formula is C27H20Cl2N2O5S. The fourth-order valence-corrected chi connectivity index (χ4v) is 4.79. The Balaban J connectivity index is 1.89. The number of hydrogen-bond donors (Lipinski definition) is 1. The number of ether oxygens (including phenoxy) is 1. The first-order valence-corrected chi connectivity index (χ1v) is 13.0. The van der Waals surface area contributed by atoms with E-state index in [1.54, 1.807) is 49.4 Å². The molecule has 0 amide bonds. The van der Waals surface area contributed by atoms with Crippen LogP contribution in [0.5, 0.6) is 0 Å². The number of non-ortho nitro benzene ring substituents is 1. The van der Waals surface area contributed by atoms with Crippen LogP contribution in [0.1, 0.15) is 17.3 Å². The number of rotatable bonds is 8. The summed E-state index contributed by atoms with van der Waals surface area (Å²) in [5, 5.41) is 12.1. The fraction of sp³-hybridized carbons (Fsp3) is 0.0741. The summed E-state index contributed by atoms with van der Waals surface area (Å²) in [7, 11) is -1.85. The largest absolute Gasteiger partial charge is 0.462 e. The van der Waals surface area contributed by atoms with Crippen LogP contribution >= 0.6 is 23.2 Å². The van der Waals surface area contributed by atoms with Gasteiger partial charge in [-0.15, -0.1) is 0 Å². The molecule has 188 valence electrons. The van der Waals surface area contributed by atoms with Gasteiger partial charge in [-0.1, -0.05) is 47.5 Å². The molecule has 10 heteroatoms. The second-order valence-corrected chi connectivity index (χ2v) is 9.89. The number of carbonyl (C=O) groups excluding carboxylic acids is 1. The van der Waals surface area contributed by atoms with Crippen molar-refractivity contribution in [1.29, 1.82) is 0 Å². The minimum Gasteiger partial charge on any atom is -0.462 e. The summed E-state index contributed by atoms with van der Waals surface area (Å²) in [6, 6.07) is 23.0. The molecule has 0 aromatic heterocycles. The molecule has 0 aliphatic heterocycles. The monoisotopic (exact) mass is 554 g/mol. The Morgan fingerprint density at radius 1 is 0.892 bits per heavy atom. The minimum atomic E-state index is -1.85. The molecule has 1 N–H and O–H groups in total. The first-order chi connectivity index (χ1) is 17.8. The Morgan fingerprint density at radius 2 is 1.46 bits per heavy atom. The first-order valence-electron chi connectivity index (χ1n) is 11.1. The number of benzene rings is 4. The Hall–Kier alpha value is -3.72. The van der Waals surface area contributed by atoms with E-state index in [0.717, 1.165) is 11.1 Å². The van der Waals surface area contributed by atoms with Crippen molar-refractivity contribution in [2.75, 3.05) is 11.3 Å². The molecule has 0 saturated carbocycles. The Labute approximate surface area is 225 Å². The zero-order valence-electron chi connectivity index (χ0n) is 19.4. The highest BCUT2D eigenvalue weighted by Crippen LogP contribution is 2.38. The van der Waals surface area contributed by atoms with Crippen LogP contribution in [-0.2, 0) is 15.7 Å². The highest BCUT2D eigenvalue weighted by atomic mass is 35.5. The SMILES string of the molecule is CCOC(=O)c1cc(-c2ccc(Cl)cc2)cc(-c2ccc(Cl)cc2)c1NS(=O)c1ccc([N+](=O)[O-])cc1. The standard InChI is InChI=1S/C27H20Cl2N2O5S/c1-2-36-27(32)25-16-19(17-3-7-20(28)8-4-17)15-24(18-5-9-21(29)10-6-18)26(25)30-37(35)23-13-11-22(12-14-23)31(33)34/h3-16,30H,2H2,1H3. The van der Waals surface area contributed by atoms with Crippen molar-refractivity contribution in [3.8, 4) is 22.3 Å². The molecule has 4 aromatic carbocycles. The van der Waals surface area contributed by atoms with Crippen LogP contribution in [0.25, 0.3) is 22.3 Å². The van der Waals surface area contributed by atoms with Gasteiger partial charge in [-0.25, -0.2) is 9.00 Å². The third kappa shape index (κ3) is 6.17. The number of halogens is 2. The van der Waals surface area contributed by atoms with E-state index in [1.165, 1.54) is 24.3 Å². The highest BCUT2D eigenvalue weighted by molar-refractivity contribution is 7.86. The third-order valence-electron chi connectivity index (χ3n) is 5.42. The molecule has 0 aliphatic carbocycles. The van der Waals surface area contributed by atoms with E-state index in [0.29, 0.717) is 26.1 Å². The van der Waals surface area contributed by atoms with E-state index >= 15 is 0 Å². The van der Waals surface area contributed by atoms with Crippen LogP contribution in [0.3, 0.4) is 0 Å². The number of nitro groups is 1. The smallest absolute Gasteiger partial charge is 0.340 e. The summed E-state index contributed by atoms with van der Waals surface area (Å²) >= 11 is 12.2. The van der Waals surface area contributed by atoms with Gasteiger partial charge in [-0.2, -0.15) is 0 Å². The Morgan fingerprint density at radius 3 is 2.00 bits per heavy atom. The predicted octanol–water partition coefficient (Wildman–Crippen LogP) is 7.55. The number of carbonyl (C=O) groups is 1. The molecule has 1 unspecified atom stereocenters. The van der Waals surface area contributed by atoms with Crippen LogP contribution in [-0.4, -0.2) is 21.7 Å². The first kappa shape index (κ1) is 26.3. The minimum absolute atomic E-state index is 0.123. The van der Waals surface area contributed by atoms with Crippen molar-refractivity contribution in [3.63, 3.8) is 0 Å². The molecule has 7 nitrogen and oxygen atoms in total. The fourth-order valence-electron chi connectivity index (χ4n) is 3.63. The molecule has 37 heavy (non-hydrogen) atoms. The van der Waals surface area contributed by atoms with E-state index in [9.17, 15) is 19.1 Å². The van der Waals surface area contributed by atoms with Crippen LogP contribution in [0, 0.1) is 10.1 Å². The second-order valence-electron chi connectivity index (χ2n) is 7.80. The third-order valence-corrected chi connectivity index (χ3v) is 7.02. The molecule has 0 fully saturated rings. The lowest BCUT2D eigenvalue weighted by atomic mass is 9.94. The molecule has 0 spiro atoms. The number of hydrogen-bond acceptors (Lipinski definition) is 5. The number of esters is 1. The van der Waals surface area contributed by atoms with E-state index in [-0.39, 0.29) is 23.5 Å². The average Bonchev–Trinajstić information content (AvgIpc) is 2.90.